The number of rotatable bonds is 2. The van der Waals surface area contributed by atoms with Crippen molar-refractivity contribution < 1.29 is 4.39 Å². The van der Waals surface area contributed by atoms with Gasteiger partial charge in [-0.3, -0.25) is 0 Å². The van der Waals surface area contributed by atoms with Crippen molar-refractivity contribution in [3.8, 4) is 22.3 Å². The van der Waals surface area contributed by atoms with E-state index in [0.29, 0.717) is 0 Å². The Balaban J connectivity index is 0.00000147. The molecule has 0 amide bonds. The summed E-state index contributed by atoms with van der Waals surface area (Å²) in [6.07, 6.45) is 0. The van der Waals surface area contributed by atoms with Gasteiger partial charge in [-0.1, -0.05) is 66.7 Å². The molecule has 0 atom stereocenters. The molecule has 3 aromatic rings. The smallest absolute Gasteiger partial charge is 0.123 e. The standard InChI is InChI=1S/C18H13F.H2S/c19-16-12-10-15(11-13-16)18-9-5-4-8-17(18)14-6-2-1-3-7-14;/h1-13H;1H2. The minimum Gasteiger partial charge on any atom is -0.207 e. The Labute approximate surface area is 125 Å². The van der Waals surface area contributed by atoms with Gasteiger partial charge in [0.25, 0.3) is 0 Å². The van der Waals surface area contributed by atoms with Gasteiger partial charge >= 0.3 is 0 Å². The lowest BCUT2D eigenvalue weighted by atomic mass is 9.95. The second-order valence-corrected chi connectivity index (χ2v) is 4.42. The van der Waals surface area contributed by atoms with Gasteiger partial charge in [0.15, 0.2) is 0 Å². The molecular weight excluding hydrogens is 267 g/mol. The van der Waals surface area contributed by atoms with Crippen LogP contribution >= 0.6 is 13.5 Å². The number of hydrogen-bond donors (Lipinski definition) is 0. The Bertz CT molecular complexity index is 675. The highest BCUT2D eigenvalue weighted by Gasteiger charge is 2.06. The summed E-state index contributed by atoms with van der Waals surface area (Å²) in [5.74, 6) is -0.207. The van der Waals surface area contributed by atoms with Crippen molar-refractivity contribution in [3.05, 3.63) is 84.7 Å². The van der Waals surface area contributed by atoms with Gasteiger partial charge in [-0.2, -0.15) is 13.5 Å². The summed E-state index contributed by atoms with van der Waals surface area (Å²) in [5, 5.41) is 0. The highest BCUT2D eigenvalue weighted by molar-refractivity contribution is 7.59. The fraction of sp³-hybridized carbons (Fsp3) is 0. The molecule has 3 rings (SSSR count). The highest BCUT2D eigenvalue weighted by Crippen LogP contribution is 2.31. The Morgan fingerprint density at radius 3 is 1.50 bits per heavy atom. The number of halogens is 1. The normalized spacial score (nSPS) is 9.85. The molecule has 0 bridgehead atoms. The summed E-state index contributed by atoms with van der Waals surface area (Å²) in [6.45, 7) is 0. The molecule has 0 aromatic heterocycles. The van der Waals surface area contributed by atoms with E-state index in [1.54, 1.807) is 0 Å². The van der Waals surface area contributed by atoms with E-state index in [1.807, 2.05) is 42.5 Å². The van der Waals surface area contributed by atoms with Crippen LogP contribution in [0.4, 0.5) is 4.39 Å². The number of hydrogen-bond acceptors (Lipinski definition) is 0. The Morgan fingerprint density at radius 1 is 0.500 bits per heavy atom. The summed E-state index contributed by atoms with van der Waals surface area (Å²) in [6, 6.07) is 25.0. The van der Waals surface area contributed by atoms with Crippen LogP contribution in [0.25, 0.3) is 22.3 Å². The molecule has 0 N–H and O–H groups in total. The molecular formula is C18H15FS. The average Bonchev–Trinajstić information content (AvgIpc) is 2.49. The van der Waals surface area contributed by atoms with Crippen molar-refractivity contribution in [2.45, 2.75) is 0 Å². The van der Waals surface area contributed by atoms with Crippen molar-refractivity contribution >= 4 is 13.5 Å². The topological polar surface area (TPSA) is 0 Å². The molecule has 20 heavy (non-hydrogen) atoms. The van der Waals surface area contributed by atoms with Crippen LogP contribution in [0.2, 0.25) is 0 Å². The monoisotopic (exact) mass is 282 g/mol. The molecule has 2 heteroatoms. The molecule has 100 valence electrons. The molecule has 0 aliphatic carbocycles. The predicted molar refractivity (Wildman–Crippen MR) is 87.7 cm³/mol. The van der Waals surface area contributed by atoms with E-state index < -0.39 is 0 Å². The fourth-order valence-corrected chi connectivity index (χ4v) is 2.23. The SMILES string of the molecule is Fc1ccc(-c2ccccc2-c2ccccc2)cc1.S. The van der Waals surface area contributed by atoms with Crippen LogP contribution < -0.4 is 0 Å². The maximum absolute atomic E-state index is 13.0. The summed E-state index contributed by atoms with van der Waals surface area (Å²) in [5.41, 5.74) is 4.48. The van der Waals surface area contributed by atoms with Crippen LogP contribution in [0.5, 0.6) is 0 Å². The lowest BCUT2D eigenvalue weighted by molar-refractivity contribution is 0.628. The zero-order chi connectivity index (χ0) is 13.1. The van der Waals surface area contributed by atoms with Gasteiger partial charge in [-0.05, 0) is 34.4 Å². The van der Waals surface area contributed by atoms with Gasteiger partial charge in [-0.25, -0.2) is 4.39 Å². The third kappa shape index (κ3) is 2.91. The Kier molecular flexibility index (Phi) is 4.59. The lowest BCUT2D eigenvalue weighted by Gasteiger charge is -2.10. The highest BCUT2D eigenvalue weighted by atomic mass is 32.1. The molecule has 0 aliphatic heterocycles. The van der Waals surface area contributed by atoms with Crippen LogP contribution in [0.1, 0.15) is 0 Å². The van der Waals surface area contributed by atoms with E-state index in [4.69, 9.17) is 0 Å². The third-order valence-corrected chi connectivity index (χ3v) is 3.17. The van der Waals surface area contributed by atoms with E-state index in [2.05, 4.69) is 24.3 Å². The zero-order valence-corrected chi connectivity index (χ0v) is 11.9. The van der Waals surface area contributed by atoms with Gasteiger partial charge < -0.3 is 0 Å². The first-order chi connectivity index (χ1) is 9.34. The quantitative estimate of drug-likeness (QED) is 0.600. The van der Waals surface area contributed by atoms with E-state index in [0.717, 1.165) is 16.7 Å². The lowest BCUT2D eigenvalue weighted by Crippen LogP contribution is -1.85. The maximum Gasteiger partial charge on any atom is 0.123 e. The molecule has 0 heterocycles. The first-order valence-electron chi connectivity index (χ1n) is 6.25. The summed E-state index contributed by atoms with van der Waals surface area (Å²) in [4.78, 5) is 0. The predicted octanol–water partition coefficient (Wildman–Crippen LogP) is 5.27. The summed E-state index contributed by atoms with van der Waals surface area (Å²) >= 11 is 0. The number of benzene rings is 3. The summed E-state index contributed by atoms with van der Waals surface area (Å²) < 4.78 is 13.0. The van der Waals surface area contributed by atoms with Gasteiger partial charge in [0.1, 0.15) is 5.82 Å². The molecule has 0 fully saturated rings. The second kappa shape index (κ2) is 6.40. The van der Waals surface area contributed by atoms with Gasteiger partial charge in [-0.15, -0.1) is 0 Å². The van der Waals surface area contributed by atoms with Gasteiger partial charge in [0.05, 0.1) is 0 Å². The molecule has 0 unspecified atom stereocenters. The van der Waals surface area contributed by atoms with Crippen molar-refractivity contribution in [1.29, 1.82) is 0 Å². The van der Waals surface area contributed by atoms with Crippen LogP contribution in [-0.2, 0) is 0 Å². The average molecular weight is 282 g/mol. The molecule has 0 radical (unpaired) electrons. The van der Waals surface area contributed by atoms with Crippen LogP contribution in [0, 0.1) is 5.82 Å². The zero-order valence-electron chi connectivity index (χ0n) is 10.9. The van der Waals surface area contributed by atoms with E-state index in [9.17, 15) is 4.39 Å². The molecule has 0 spiro atoms. The van der Waals surface area contributed by atoms with Crippen LogP contribution in [0.15, 0.2) is 78.9 Å². The van der Waals surface area contributed by atoms with Crippen LogP contribution in [0.3, 0.4) is 0 Å². The molecule has 0 saturated heterocycles. The minimum absolute atomic E-state index is 0. The Morgan fingerprint density at radius 2 is 0.950 bits per heavy atom. The first kappa shape index (κ1) is 14.4. The minimum atomic E-state index is -0.207. The van der Waals surface area contributed by atoms with E-state index in [-0.39, 0.29) is 19.3 Å². The summed E-state index contributed by atoms with van der Waals surface area (Å²) in [7, 11) is 0. The second-order valence-electron chi connectivity index (χ2n) is 4.42. The van der Waals surface area contributed by atoms with E-state index >= 15 is 0 Å². The largest absolute Gasteiger partial charge is 0.207 e. The maximum atomic E-state index is 13.0. The van der Waals surface area contributed by atoms with Crippen molar-refractivity contribution in [2.75, 3.05) is 0 Å². The molecule has 3 aromatic carbocycles. The van der Waals surface area contributed by atoms with Crippen molar-refractivity contribution in [1.82, 2.24) is 0 Å². The fourth-order valence-electron chi connectivity index (χ4n) is 2.23. The van der Waals surface area contributed by atoms with Crippen molar-refractivity contribution in [2.24, 2.45) is 0 Å². The molecule has 0 nitrogen and oxygen atoms in total. The Hall–Kier alpha value is -2.06. The van der Waals surface area contributed by atoms with Gasteiger partial charge in [0.2, 0.25) is 0 Å². The third-order valence-electron chi connectivity index (χ3n) is 3.17. The van der Waals surface area contributed by atoms with E-state index in [1.165, 1.54) is 17.7 Å². The molecule has 0 saturated carbocycles. The van der Waals surface area contributed by atoms with Crippen LogP contribution in [-0.4, -0.2) is 0 Å². The van der Waals surface area contributed by atoms with Gasteiger partial charge in [0, 0.05) is 0 Å². The molecule has 0 aliphatic rings. The van der Waals surface area contributed by atoms with Crippen molar-refractivity contribution in [3.63, 3.8) is 0 Å². The first-order valence-corrected chi connectivity index (χ1v) is 6.25.